The highest BCUT2D eigenvalue weighted by Gasteiger charge is 2.29. The molecule has 1 saturated heterocycles. The SMILES string of the molecule is c1ccc(-c2nc(-c3ccco3)c(N3CCOCC3)c3c2CCC3)nc1. The van der Waals surface area contributed by atoms with Gasteiger partial charge in [-0.05, 0) is 54.7 Å². The third-order valence-corrected chi connectivity index (χ3v) is 5.23. The second-order valence-electron chi connectivity index (χ2n) is 6.76. The van der Waals surface area contributed by atoms with Crippen LogP contribution in [0.1, 0.15) is 17.5 Å². The molecule has 0 bridgehead atoms. The minimum atomic E-state index is 0.758. The molecule has 2 aliphatic rings. The van der Waals surface area contributed by atoms with Crippen molar-refractivity contribution in [2.24, 2.45) is 0 Å². The van der Waals surface area contributed by atoms with Gasteiger partial charge in [-0.2, -0.15) is 0 Å². The lowest BCUT2D eigenvalue weighted by Gasteiger charge is -2.32. The van der Waals surface area contributed by atoms with Crippen LogP contribution in [0.5, 0.6) is 0 Å². The van der Waals surface area contributed by atoms with E-state index in [4.69, 9.17) is 14.1 Å². The van der Waals surface area contributed by atoms with Crippen LogP contribution in [0.3, 0.4) is 0 Å². The summed E-state index contributed by atoms with van der Waals surface area (Å²) in [4.78, 5) is 12.1. The van der Waals surface area contributed by atoms with Gasteiger partial charge in [-0.15, -0.1) is 0 Å². The molecule has 5 rings (SSSR count). The molecule has 0 spiro atoms. The minimum Gasteiger partial charge on any atom is -0.463 e. The number of pyridine rings is 2. The summed E-state index contributed by atoms with van der Waals surface area (Å²) in [6.45, 7) is 3.30. The molecule has 1 aliphatic heterocycles. The molecule has 0 atom stereocenters. The molecule has 0 radical (unpaired) electrons. The Bertz CT molecular complexity index is 901. The highest BCUT2D eigenvalue weighted by Crippen LogP contribution is 2.42. The summed E-state index contributed by atoms with van der Waals surface area (Å²) < 4.78 is 11.3. The molecule has 0 N–H and O–H groups in total. The van der Waals surface area contributed by atoms with Gasteiger partial charge in [0.1, 0.15) is 5.69 Å². The van der Waals surface area contributed by atoms with Crippen molar-refractivity contribution < 1.29 is 9.15 Å². The predicted molar refractivity (Wildman–Crippen MR) is 100 cm³/mol. The molecule has 1 fully saturated rings. The Kier molecular flexibility index (Phi) is 3.94. The lowest BCUT2D eigenvalue weighted by atomic mass is 10.0. The highest BCUT2D eigenvalue weighted by atomic mass is 16.5. The first-order valence-electron chi connectivity index (χ1n) is 9.25. The van der Waals surface area contributed by atoms with E-state index in [0.29, 0.717) is 0 Å². The van der Waals surface area contributed by atoms with Crippen molar-refractivity contribution in [1.29, 1.82) is 0 Å². The number of nitrogens with zero attached hydrogens (tertiary/aromatic N) is 3. The van der Waals surface area contributed by atoms with Crippen LogP contribution in [0.2, 0.25) is 0 Å². The number of fused-ring (bicyclic) bond motifs is 1. The third kappa shape index (κ3) is 2.59. The smallest absolute Gasteiger partial charge is 0.154 e. The molecule has 0 saturated carbocycles. The normalized spacial score (nSPS) is 16.7. The number of ether oxygens (including phenoxy) is 1. The highest BCUT2D eigenvalue weighted by molar-refractivity contribution is 5.81. The summed E-state index contributed by atoms with van der Waals surface area (Å²) in [6.07, 6.45) is 6.85. The quantitative estimate of drug-likeness (QED) is 0.723. The van der Waals surface area contributed by atoms with Crippen LogP contribution in [0.25, 0.3) is 22.8 Å². The number of hydrogen-bond donors (Lipinski definition) is 0. The molecular weight excluding hydrogens is 326 g/mol. The van der Waals surface area contributed by atoms with E-state index in [-0.39, 0.29) is 0 Å². The number of rotatable bonds is 3. The Morgan fingerprint density at radius 2 is 1.81 bits per heavy atom. The molecule has 0 aromatic carbocycles. The van der Waals surface area contributed by atoms with Crippen LogP contribution in [0.4, 0.5) is 5.69 Å². The second kappa shape index (κ2) is 6.57. The van der Waals surface area contributed by atoms with Crippen LogP contribution < -0.4 is 4.90 Å². The lowest BCUT2D eigenvalue weighted by Crippen LogP contribution is -2.37. The lowest BCUT2D eigenvalue weighted by molar-refractivity contribution is 0.122. The summed E-state index contributed by atoms with van der Waals surface area (Å²) >= 11 is 0. The van der Waals surface area contributed by atoms with Crippen LogP contribution in [0, 0.1) is 0 Å². The predicted octanol–water partition coefficient (Wildman–Crippen LogP) is 3.73. The third-order valence-electron chi connectivity index (χ3n) is 5.23. The summed E-state index contributed by atoms with van der Waals surface area (Å²) in [7, 11) is 0. The summed E-state index contributed by atoms with van der Waals surface area (Å²) in [5, 5.41) is 0. The molecule has 132 valence electrons. The molecule has 0 amide bonds. The first-order valence-corrected chi connectivity index (χ1v) is 9.25. The standard InChI is InChI=1S/C21H21N3O2/c1-2-9-22-17(7-1)19-15-5-3-6-16(15)21(24-10-13-25-14-11-24)20(23-19)18-8-4-12-26-18/h1-2,4,7-9,12H,3,5-6,10-11,13-14H2. The average Bonchev–Trinajstić information content (AvgIpc) is 3.40. The molecule has 3 aromatic rings. The maximum atomic E-state index is 5.76. The van der Waals surface area contributed by atoms with Crippen molar-refractivity contribution in [3.63, 3.8) is 0 Å². The van der Waals surface area contributed by atoms with Gasteiger partial charge < -0.3 is 14.1 Å². The van der Waals surface area contributed by atoms with E-state index in [1.807, 2.05) is 36.5 Å². The van der Waals surface area contributed by atoms with Crippen molar-refractivity contribution in [3.8, 4) is 22.8 Å². The average molecular weight is 347 g/mol. The first-order chi connectivity index (χ1) is 12.9. The van der Waals surface area contributed by atoms with Crippen LogP contribution in [-0.2, 0) is 17.6 Å². The van der Waals surface area contributed by atoms with Gasteiger partial charge in [0.25, 0.3) is 0 Å². The van der Waals surface area contributed by atoms with E-state index in [2.05, 4.69) is 9.88 Å². The topological polar surface area (TPSA) is 51.4 Å². The number of furan rings is 1. The fraction of sp³-hybridized carbons (Fsp3) is 0.333. The van der Waals surface area contributed by atoms with Gasteiger partial charge in [-0.3, -0.25) is 4.98 Å². The van der Waals surface area contributed by atoms with Crippen LogP contribution >= 0.6 is 0 Å². The number of hydrogen-bond acceptors (Lipinski definition) is 5. The Morgan fingerprint density at radius 3 is 2.58 bits per heavy atom. The number of aromatic nitrogens is 2. The van der Waals surface area contributed by atoms with E-state index in [9.17, 15) is 0 Å². The van der Waals surface area contributed by atoms with Crippen molar-refractivity contribution in [2.75, 3.05) is 31.2 Å². The van der Waals surface area contributed by atoms with Crippen molar-refractivity contribution in [2.45, 2.75) is 19.3 Å². The van der Waals surface area contributed by atoms with E-state index < -0.39 is 0 Å². The molecular formula is C21H21N3O2. The molecule has 5 nitrogen and oxygen atoms in total. The Labute approximate surface area is 152 Å². The van der Waals surface area contributed by atoms with Crippen LogP contribution in [0.15, 0.2) is 47.2 Å². The fourth-order valence-electron chi connectivity index (χ4n) is 4.07. The van der Waals surface area contributed by atoms with Gasteiger partial charge in [0.2, 0.25) is 0 Å². The minimum absolute atomic E-state index is 0.758. The Hall–Kier alpha value is -2.66. The molecule has 26 heavy (non-hydrogen) atoms. The molecule has 4 heterocycles. The number of morpholine rings is 1. The molecule has 3 aromatic heterocycles. The van der Waals surface area contributed by atoms with Crippen molar-refractivity contribution in [3.05, 3.63) is 53.9 Å². The Balaban J connectivity index is 1.75. The summed E-state index contributed by atoms with van der Waals surface area (Å²) in [5.74, 6) is 0.818. The van der Waals surface area contributed by atoms with Gasteiger partial charge in [-0.1, -0.05) is 6.07 Å². The zero-order valence-electron chi connectivity index (χ0n) is 14.6. The van der Waals surface area contributed by atoms with E-state index in [1.165, 1.54) is 16.8 Å². The first kappa shape index (κ1) is 15.6. The monoisotopic (exact) mass is 347 g/mol. The largest absolute Gasteiger partial charge is 0.463 e. The van der Waals surface area contributed by atoms with Gasteiger partial charge in [0, 0.05) is 19.3 Å². The van der Waals surface area contributed by atoms with Gasteiger partial charge >= 0.3 is 0 Å². The molecule has 1 aliphatic carbocycles. The van der Waals surface area contributed by atoms with E-state index in [0.717, 1.165) is 68.4 Å². The molecule has 0 unspecified atom stereocenters. The number of anilines is 1. The van der Waals surface area contributed by atoms with Gasteiger partial charge in [-0.25, -0.2) is 4.98 Å². The van der Waals surface area contributed by atoms with Crippen molar-refractivity contribution in [1.82, 2.24) is 9.97 Å². The van der Waals surface area contributed by atoms with E-state index in [1.54, 1.807) is 6.26 Å². The van der Waals surface area contributed by atoms with Crippen molar-refractivity contribution >= 4 is 5.69 Å². The maximum absolute atomic E-state index is 5.76. The summed E-state index contributed by atoms with van der Waals surface area (Å²) in [6, 6.07) is 9.93. The maximum Gasteiger partial charge on any atom is 0.154 e. The van der Waals surface area contributed by atoms with Gasteiger partial charge in [0.15, 0.2) is 5.76 Å². The van der Waals surface area contributed by atoms with Gasteiger partial charge in [0.05, 0.1) is 36.6 Å². The van der Waals surface area contributed by atoms with Crippen LogP contribution in [-0.4, -0.2) is 36.3 Å². The second-order valence-corrected chi connectivity index (χ2v) is 6.76. The molecule has 5 heteroatoms. The Morgan fingerprint density at radius 1 is 0.923 bits per heavy atom. The summed E-state index contributed by atoms with van der Waals surface area (Å²) in [5.41, 5.74) is 6.86. The fourth-order valence-corrected chi connectivity index (χ4v) is 4.07. The zero-order chi connectivity index (χ0) is 17.3. The van der Waals surface area contributed by atoms with E-state index >= 15 is 0 Å². The zero-order valence-corrected chi connectivity index (χ0v) is 14.6.